The second-order valence-corrected chi connectivity index (χ2v) is 14.0. The van der Waals surface area contributed by atoms with E-state index in [1.807, 2.05) is 0 Å². The van der Waals surface area contributed by atoms with E-state index in [1.54, 1.807) is 6.26 Å². The number of benzene rings is 2. The Morgan fingerprint density at radius 3 is 2.13 bits per heavy atom. The molecule has 0 amide bonds. The lowest BCUT2D eigenvalue weighted by Crippen LogP contribution is -2.66. The zero-order valence-electron chi connectivity index (χ0n) is 19.3. The van der Waals surface area contributed by atoms with E-state index in [-0.39, 0.29) is 16.9 Å². The Bertz CT molecular complexity index is 816. The maximum atomic E-state index is 11.6. The van der Waals surface area contributed by atoms with Gasteiger partial charge in [0.2, 0.25) is 0 Å². The number of allylic oxidation sites excluding steroid dienone is 1. The Kier molecular flexibility index (Phi) is 7.90. The molecule has 4 heteroatoms. The number of ether oxygens (including phenoxy) is 1. The molecular formula is C27H36O3Si. The minimum atomic E-state index is -2.45. The second-order valence-electron chi connectivity index (χ2n) is 9.73. The summed E-state index contributed by atoms with van der Waals surface area (Å²) >= 11 is 0. The molecule has 3 rings (SSSR count). The van der Waals surface area contributed by atoms with Crippen molar-refractivity contribution in [1.82, 2.24) is 0 Å². The molecule has 0 unspecified atom stereocenters. The van der Waals surface area contributed by atoms with Crippen molar-refractivity contribution in [2.45, 2.75) is 64.5 Å². The summed E-state index contributed by atoms with van der Waals surface area (Å²) in [5.74, 6) is 0.658. The van der Waals surface area contributed by atoms with E-state index >= 15 is 0 Å². The zero-order valence-corrected chi connectivity index (χ0v) is 20.3. The van der Waals surface area contributed by atoms with Gasteiger partial charge in [-0.3, -0.25) is 4.79 Å². The van der Waals surface area contributed by atoms with Gasteiger partial charge in [0.05, 0.1) is 6.26 Å². The first kappa shape index (κ1) is 23.5. The van der Waals surface area contributed by atoms with Crippen molar-refractivity contribution in [2.24, 2.45) is 5.92 Å². The Morgan fingerprint density at radius 1 is 1.03 bits per heavy atom. The molecule has 0 spiro atoms. The lowest BCUT2D eigenvalue weighted by Gasteiger charge is -2.43. The highest BCUT2D eigenvalue weighted by molar-refractivity contribution is 6.99. The van der Waals surface area contributed by atoms with Gasteiger partial charge in [0.1, 0.15) is 6.10 Å². The molecule has 2 aromatic rings. The summed E-state index contributed by atoms with van der Waals surface area (Å²) in [6.45, 7) is 9.92. The summed E-state index contributed by atoms with van der Waals surface area (Å²) in [4.78, 5) is 11.6. The highest BCUT2D eigenvalue weighted by Gasteiger charge is 2.49. The summed E-state index contributed by atoms with van der Waals surface area (Å²) in [7, 11) is -2.45. The molecule has 3 nitrogen and oxygen atoms in total. The average Bonchev–Trinajstić information content (AvgIpc) is 2.74. The highest BCUT2D eigenvalue weighted by Crippen LogP contribution is 2.37. The van der Waals surface area contributed by atoms with Crippen LogP contribution in [-0.2, 0) is 14.0 Å². The lowest BCUT2D eigenvalue weighted by atomic mass is 9.95. The lowest BCUT2D eigenvalue weighted by molar-refractivity contribution is -0.118. The summed E-state index contributed by atoms with van der Waals surface area (Å²) in [6.07, 6.45) is 6.58. The van der Waals surface area contributed by atoms with Gasteiger partial charge in [0.15, 0.2) is 5.78 Å². The predicted octanol–water partition coefficient (Wildman–Crippen LogP) is 5.24. The first-order chi connectivity index (χ1) is 14.8. The van der Waals surface area contributed by atoms with Crippen LogP contribution in [0.4, 0.5) is 0 Å². The number of carbonyl (C=O) groups is 1. The molecule has 2 aromatic carbocycles. The first-order valence-corrected chi connectivity index (χ1v) is 13.3. The topological polar surface area (TPSA) is 35.5 Å². The number of hydrogen-bond donors (Lipinski definition) is 0. The van der Waals surface area contributed by atoms with Gasteiger partial charge in [0.25, 0.3) is 8.32 Å². The largest absolute Gasteiger partial charge is 0.497 e. The van der Waals surface area contributed by atoms with Crippen LogP contribution in [0, 0.1) is 5.92 Å². The smallest absolute Gasteiger partial charge is 0.261 e. The van der Waals surface area contributed by atoms with Crippen LogP contribution in [-0.4, -0.2) is 26.8 Å². The normalized spacial score (nSPS) is 17.9. The van der Waals surface area contributed by atoms with Gasteiger partial charge < -0.3 is 9.16 Å². The van der Waals surface area contributed by atoms with Crippen molar-refractivity contribution in [3.05, 3.63) is 73.0 Å². The fourth-order valence-electron chi connectivity index (χ4n) is 4.69. The molecule has 0 aromatic heterocycles. The van der Waals surface area contributed by atoms with E-state index in [2.05, 4.69) is 88.4 Å². The Labute approximate surface area is 188 Å². The maximum absolute atomic E-state index is 11.6. The standard InChI is InChI=1S/C27H36O3Si/c1-22(20-24-21-23(28)17-19-29-24)12-11-18-30-31(27(2,3)4,25-13-7-5-8-14-25)26-15-9-6-10-16-26/h5-10,13-17,19,22,24H,11-12,18,20-21H2,1-4H3/t22-,24+/m0/s1. The van der Waals surface area contributed by atoms with Crippen molar-refractivity contribution in [3.8, 4) is 0 Å². The molecule has 0 fully saturated rings. The van der Waals surface area contributed by atoms with E-state index in [4.69, 9.17) is 9.16 Å². The molecule has 1 aliphatic heterocycles. The molecule has 0 bridgehead atoms. The van der Waals surface area contributed by atoms with Crippen LogP contribution in [0.25, 0.3) is 0 Å². The number of rotatable bonds is 9. The number of carbonyl (C=O) groups excluding carboxylic acids is 1. The van der Waals surface area contributed by atoms with Gasteiger partial charge in [-0.2, -0.15) is 0 Å². The zero-order chi connectivity index (χ0) is 22.3. The van der Waals surface area contributed by atoms with Crippen LogP contribution >= 0.6 is 0 Å². The van der Waals surface area contributed by atoms with Gasteiger partial charge in [-0.15, -0.1) is 0 Å². The van der Waals surface area contributed by atoms with Gasteiger partial charge in [0, 0.05) is 19.1 Å². The van der Waals surface area contributed by atoms with Gasteiger partial charge in [-0.05, 0) is 40.6 Å². The fourth-order valence-corrected chi connectivity index (χ4v) is 9.30. The Hall–Kier alpha value is -2.17. The van der Waals surface area contributed by atoms with Crippen molar-refractivity contribution in [3.63, 3.8) is 0 Å². The van der Waals surface area contributed by atoms with E-state index in [0.29, 0.717) is 12.3 Å². The minimum Gasteiger partial charge on any atom is -0.497 e. The second kappa shape index (κ2) is 10.4. The molecule has 2 atom stereocenters. The van der Waals surface area contributed by atoms with Gasteiger partial charge in [-0.25, -0.2) is 0 Å². The van der Waals surface area contributed by atoms with Gasteiger partial charge in [-0.1, -0.05) is 88.4 Å². The highest BCUT2D eigenvalue weighted by atomic mass is 28.4. The maximum Gasteiger partial charge on any atom is 0.261 e. The quantitative estimate of drug-likeness (QED) is 0.398. The monoisotopic (exact) mass is 436 g/mol. The summed E-state index contributed by atoms with van der Waals surface area (Å²) in [5.41, 5.74) is 0. The first-order valence-electron chi connectivity index (χ1n) is 11.4. The molecule has 0 aliphatic carbocycles. The van der Waals surface area contributed by atoms with Crippen LogP contribution in [0.1, 0.15) is 53.4 Å². The third-order valence-corrected chi connectivity index (χ3v) is 11.2. The molecule has 0 saturated carbocycles. The van der Waals surface area contributed by atoms with Crippen LogP contribution in [0.2, 0.25) is 5.04 Å². The SMILES string of the molecule is C[C@@H](CCCO[Si](c1ccccc1)(c1ccccc1)C(C)(C)C)C[C@@H]1CC(=O)C=CO1. The Balaban J connectivity index is 1.70. The van der Waals surface area contributed by atoms with Crippen LogP contribution in [0.5, 0.6) is 0 Å². The van der Waals surface area contributed by atoms with E-state index in [1.165, 1.54) is 16.4 Å². The molecule has 1 aliphatic rings. The molecule has 0 radical (unpaired) electrons. The van der Waals surface area contributed by atoms with Crippen molar-refractivity contribution < 1.29 is 14.0 Å². The predicted molar refractivity (Wildman–Crippen MR) is 130 cm³/mol. The third kappa shape index (κ3) is 5.75. The molecule has 166 valence electrons. The molecule has 0 saturated heterocycles. The summed E-state index contributed by atoms with van der Waals surface area (Å²) < 4.78 is 12.6. The number of hydrogen-bond acceptors (Lipinski definition) is 3. The van der Waals surface area contributed by atoms with Crippen LogP contribution < -0.4 is 10.4 Å². The van der Waals surface area contributed by atoms with Crippen LogP contribution in [0.15, 0.2) is 73.0 Å². The minimum absolute atomic E-state index is 0.00392. The third-order valence-electron chi connectivity index (χ3n) is 6.20. The van der Waals surface area contributed by atoms with Crippen molar-refractivity contribution in [1.29, 1.82) is 0 Å². The molecular weight excluding hydrogens is 400 g/mol. The van der Waals surface area contributed by atoms with E-state index in [9.17, 15) is 4.79 Å². The molecule has 0 N–H and O–H groups in total. The Morgan fingerprint density at radius 2 is 1.61 bits per heavy atom. The van der Waals surface area contributed by atoms with Crippen molar-refractivity contribution in [2.75, 3.05) is 6.61 Å². The van der Waals surface area contributed by atoms with E-state index in [0.717, 1.165) is 25.9 Å². The van der Waals surface area contributed by atoms with E-state index < -0.39 is 8.32 Å². The molecule has 31 heavy (non-hydrogen) atoms. The van der Waals surface area contributed by atoms with Crippen LogP contribution in [0.3, 0.4) is 0 Å². The number of ketones is 1. The fraction of sp³-hybridized carbons (Fsp3) is 0.444. The van der Waals surface area contributed by atoms with Gasteiger partial charge >= 0.3 is 0 Å². The summed E-state index contributed by atoms with van der Waals surface area (Å²) in [5, 5.41) is 2.65. The summed E-state index contributed by atoms with van der Waals surface area (Å²) in [6, 6.07) is 21.6. The molecule has 1 heterocycles. The van der Waals surface area contributed by atoms with Crippen molar-refractivity contribution >= 4 is 24.5 Å². The average molecular weight is 437 g/mol.